The monoisotopic (exact) mass is 947 g/mol. The van der Waals surface area contributed by atoms with Gasteiger partial charge in [-0.2, -0.15) is 0 Å². The predicted octanol–water partition coefficient (Wildman–Crippen LogP) is 16.1. The van der Waals surface area contributed by atoms with Crippen molar-refractivity contribution in [1.29, 1.82) is 0 Å². The molecule has 0 amide bonds. The lowest BCUT2D eigenvalue weighted by molar-refractivity contribution is -0.870. The summed E-state index contributed by atoms with van der Waals surface area (Å²) in [6.07, 6.45) is 61.2. The summed E-state index contributed by atoms with van der Waals surface area (Å²) in [6.45, 7) is 4.27. The van der Waals surface area contributed by atoms with Gasteiger partial charge in [0.15, 0.2) is 6.10 Å². The Morgan fingerprint density at radius 1 is 0.485 bits per heavy atom. The minimum absolute atomic E-state index is 0.0288. The molecule has 1 N–H and O–H groups in total. The molecule has 9 nitrogen and oxygen atoms in total. The summed E-state index contributed by atoms with van der Waals surface area (Å²) in [7, 11) is 1.47. The van der Waals surface area contributed by atoms with Crippen LogP contribution in [-0.2, 0) is 32.7 Å². The average molecular weight is 947 g/mol. The van der Waals surface area contributed by atoms with E-state index in [0.29, 0.717) is 17.4 Å². The SMILES string of the molecule is CC/C=C\C/C=C\C/C=C\C/C=C\C/C=C\CCCCCCCCCCCCCCCCCC(=O)OC(COC(=O)CCCCCCC/C=C\CCCC)COP(=O)(O)OCC[N+](C)(C)C. The highest BCUT2D eigenvalue weighted by molar-refractivity contribution is 7.47. The van der Waals surface area contributed by atoms with Crippen molar-refractivity contribution in [3.8, 4) is 0 Å². The molecule has 2 atom stereocenters. The van der Waals surface area contributed by atoms with Gasteiger partial charge in [0.05, 0.1) is 27.7 Å². The van der Waals surface area contributed by atoms with E-state index in [1.165, 1.54) is 89.9 Å². The number of ether oxygens (including phenoxy) is 2. The van der Waals surface area contributed by atoms with E-state index in [-0.39, 0.29) is 32.0 Å². The number of carbonyl (C=O) groups is 2. The second-order valence-corrected chi connectivity index (χ2v) is 20.3. The molecule has 0 aliphatic heterocycles. The molecule has 0 aliphatic carbocycles. The standard InChI is InChI=1S/C56H100NO8P/c1-6-8-10-12-14-16-18-19-20-21-22-23-24-25-26-27-28-29-30-31-32-33-34-35-36-37-39-41-43-45-47-49-56(59)65-54(53-64-66(60,61)63-51-50-57(3,4)5)52-62-55(58)48-46-44-42-40-38-17-15-13-11-9-7-2/h8,10,13-16,19-20,22-23,25-26,54H,6-7,9,11-12,17-18,21,24,27-53H2,1-5H3/p+1/b10-8-,15-13-,16-14-,20-19-,23-22-,26-25-. The number of unbranched alkanes of at least 4 members (excludes halogenated alkanes) is 22. The van der Waals surface area contributed by atoms with Gasteiger partial charge in [-0.1, -0.05) is 202 Å². The van der Waals surface area contributed by atoms with E-state index in [1.807, 2.05) is 21.1 Å². The molecule has 2 unspecified atom stereocenters. The fourth-order valence-electron chi connectivity index (χ4n) is 7.08. The number of carbonyl (C=O) groups excluding carboxylic acids is 2. The maximum atomic E-state index is 12.8. The van der Waals surface area contributed by atoms with Crippen molar-refractivity contribution in [3.63, 3.8) is 0 Å². The summed E-state index contributed by atoms with van der Waals surface area (Å²) in [6, 6.07) is 0. The molecule has 0 fully saturated rings. The molecule has 0 heterocycles. The maximum absolute atomic E-state index is 12.8. The summed E-state index contributed by atoms with van der Waals surface area (Å²) in [5.41, 5.74) is 0. The van der Waals surface area contributed by atoms with Crippen molar-refractivity contribution in [3.05, 3.63) is 72.9 Å². The highest BCUT2D eigenvalue weighted by Gasteiger charge is 2.27. The van der Waals surface area contributed by atoms with Crippen molar-refractivity contribution >= 4 is 19.8 Å². The van der Waals surface area contributed by atoms with Gasteiger partial charge >= 0.3 is 19.8 Å². The Labute approximate surface area is 406 Å². The summed E-state index contributed by atoms with van der Waals surface area (Å²) in [5, 5.41) is 0. The van der Waals surface area contributed by atoms with Crippen LogP contribution >= 0.6 is 7.82 Å². The van der Waals surface area contributed by atoms with Crippen LogP contribution in [0.4, 0.5) is 0 Å². The van der Waals surface area contributed by atoms with Crippen molar-refractivity contribution in [2.24, 2.45) is 0 Å². The highest BCUT2D eigenvalue weighted by Crippen LogP contribution is 2.43. The van der Waals surface area contributed by atoms with Crippen LogP contribution in [0, 0.1) is 0 Å². The molecule has 0 aromatic rings. The molecule has 0 saturated heterocycles. The third-order valence-corrected chi connectivity index (χ3v) is 12.2. The minimum atomic E-state index is -4.38. The van der Waals surface area contributed by atoms with Crippen LogP contribution in [0.1, 0.15) is 219 Å². The number of phosphoric ester groups is 1. The molecule has 0 rings (SSSR count). The summed E-state index contributed by atoms with van der Waals surface area (Å²) in [5.74, 6) is -0.809. The molecule has 0 radical (unpaired) electrons. The Morgan fingerprint density at radius 3 is 1.30 bits per heavy atom. The van der Waals surface area contributed by atoms with Crippen LogP contribution in [0.25, 0.3) is 0 Å². The third kappa shape index (κ3) is 50.9. The van der Waals surface area contributed by atoms with Crippen molar-refractivity contribution < 1.29 is 42.1 Å². The van der Waals surface area contributed by atoms with Crippen LogP contribution in [-0.4, -0.2) is 74.9 Å². The first-order chi connectivity index (χ1) is 32.0. The van der Waals surface area contributed by atoms with Crippen molar-refractivity contribution in [1.82, 2.24) is 0 Å². The number of quaternary nitrogens is 1. The van der Waals surface area contributed by atoms with Gasteiger partial charge in [-0.25, -0.2) is 4.57 Å². The lowest BCUT2D eigenvalue weighted by atomic mass is 10.0. The highest BCUT2D eigenvalue weighted by atomic mass is 31.2. The fraction of sp³-hybridized carbons (Fsp3) is 0.750. The second-order valence-electron chi connectivity index (χ2n) is 18.9. The normalized spacial score (nSPS) is 14.0. The zero-order valence-corrected chi connectivity index (χ0v) is 44.1. The third-order valence-electron chi connectivity index (χ3n) is 11.2. The first kappa shape index (κ1) is 63.5. The Morgan fingerprint density at radius 2 is 0.864 bits per heavy atom. The van der Waals surface area contributed by atoms with Crippen LogP contribution < -0.4 is 0 Å². The number of hydrogen-bond donors (Lipinski definition) is 1. The lowest BCUT2D eigenvalue weighted by Crippen LogP contribution is -2.37. The van der Waals surface area contributed by atoms with E-state index in [1.54, 1.807) is 0 Å². The number of hydrogen-bond acceptors (Lipinski definition) is 7. The molecule has 0 spiro atoms. The van der Waals surface area contributed by atoms with E-state index in [0.717, 1.165) is 96.3 Å². The van der Waals surface area contributed by atoms with Gasteiger partial charge in [-0.05, 0) is 77.0 Å². The lowest BCUT2D eigenvalue weighted by Gasteiger charge is -2.24. The van der Waals surface area contributed by atoms with Gasteiger partial charge in [0, 0.05) is 12.8 Å². The van der Waals surface area contributed by atoms with Crippen LogP contribution in [0.3, 0.4) is 0 Å². The molecular formula is C56H101NO8P+. The van der Waals surface area contributed by atoms with Gasteiger partial charge in [0.2, 0.25) is 0 Å². The number of likely N-dealkylation sites (N-methyl/N-ethyl adjacent to an activating group) is 1. The predicted molar refractivity (Wildman–Crippen MR) is 279 cm³/mol. The Kier molecular flexibility index (Phi) is 45.7. The summed E-state index contributed by atoms with van der Waals surface area (Å²) < 4.78 is 34.4. The molecule has 0 saturated carbocycles. The van der Waals surface area contributed by atoms with Crippen molar-refractivity contribution in [2.45, 2.75) is 225 Å². The first-order valence-corrected chi connectivity index (χ1v) is 28.2. The van der Waals surface area contributed by atoms with E-state index < -0.39 is 26.5 Å². The zero-order chi connectivity index (χ0) is 48.5. The fourth-order valence-corrected chi connectivity index (χ4v) is 7.82. The molecule has 10 heteroatoms. The topological polar surface area (TPSA) is 108 Å². The number of esters is 2. The van der Waals surface area contributed by atoms with Crippen molar-refractivity contribution in [2.75, 3.05) is 47.5 Å². The van der Waals surface area contributed by atoms with Crippen LogP contribution in [0.5, 0.6) is 0 Å². The maximum Gasteiger partial charge on any atom is 0.472 e. The van der Waals surface area contributed by atoms with E-state index in [4.69, 9.17) is 18.5 Å². The number of nitrogens with zero attached hydrogens (tertiary/aromatic N) is 1. The molecule has 382 valence electrons. The van der Waals surface area contributed by atoms with Gasteiger partial charge < -0.3 is 18.9 Å². The molecule has 0 aromatic heterocycles. The van der Waals surface area contributed by atoms with Gasteiger partial charge in [-0.15, -0.1) is 0 Å². The zero-order valence-electron chi connectivity index (χ0n) is 43.2. The Hall–Kier alpha value is -2.55. The number of phosphoric acid groups is 1. The van der Waals surface area contributed by atoms with Gasteiger partial charge in [-0.3, -0.25) is 18.6 Å². The molecule has 0 aromatic carbocycles. The van der Waals surface area contributed by atoms with Gasteiger partial charge in [0.1, 0.15) is 19.8 Å². The quantitative estimate of drug-likeness (QED) is 0.0211. The van der Waals surface area contributed by atoms with Gasteiger partial charge in [0.25, 0.3) is 0 Å². The van der Waals surface area contributed by atoms with Crippen LogP contribution in [0.15, 0.2) is 72.9 Å². The Balaban J connectivity index is 4.07. The number of rotatable bonds is 48. The first-order valence-electron chi connectivity index (χ1n) is 26.7. The Bertz CT molecular complexity index is 1350. The molecule has 0 aliphatic rings. The number of allylic oxidation sites excluding steroid dienone is 12. The van der Waals surface area contributed by atoms with E-state index in [2.05, 4.69) is 86.8 Å². The summed E-state index contributed by atoms with van der Waals surface area (Å²) >= 11 is 0. The molecule has 66 heavy (non-hydrogen) atoms. The molecular weight excluding hydrogens is 846 g/mol. The second kappa shape index (κ2) is 47.5. The largest absolute Gasteiger partial charge is 0.472 e. The summed E-state index contributed by atoms with van der Waals surface area (Å²) in [4.78, 5) is 35.5. The smallest absolute Gasteiger partial charge is 0.462 e. The van der Waals surface area contributed by atoms with E-state index in [9.17, 15) is 19.0 Å². The van der Waals surface area contributed by atoms with E-state index >= 15 is 0 Å². The van der Waals surface area contributed by atoms with Crippen LogP contribution in [0.2, 0.25) is 0 Å². The minimum Gasteiger partial charge on any atom is -0.462 e. The molecule has 0 bridgehead atoms. The average Bonchev–Trinajstić information content (AvgIpc) is 3.27.